The third kappa shape index (κ3) is 2.83. The number of benzene rings is 1. The summed E-state index contributed by atoms with van der Waals surface area (Å²) >= 11 is 3.59. The monoisotopic (exact) mass is 296 g/mol. The lowest BCUT2D eigenvalue weighted by molar-refractivity contribution is 0.236. The van der Waals surface area contributed by atoms with E-state index in [1.165, 1.54) is 22.1 Å². The lowest BCUT2D eigenvalue weighted by atomic mass is 9.80. The van der Waals surface area contributed by atoms with E-state index in [1.807, 2.05) is 0 Å². The molecule has 1 aliphatic rings. The minimum atomic E-state index is 0.299. The molecule has 1 saturated heterocycles. The summed E-state index contributed by atoms with van der Waals surface area (Å²) in [7, 11) is 0. The predicted octanol–water partition coefficient (Wildman–Crippen LogP) is 3.56. The van der Waals surface area contributed by atoms with E-state index < -0.39 is 0 Å². The van der Waals surface area contributed by atoms with Gasteiger partial charge in [-0.25, -0.2) is 0 Å². The van der Waals surface area contributed by atoms with E-state index >= 15 is 0 Å². The van der Waals surface area contributed by atoms with Crippen LogP contribution in [0.2, 0.25) is 0 Å². The summed E-state index contributed by atoms with van der Waals surface area (Å²) in [6, 6.07) is 6.89. The van der Waals surface area contributed by atoms with Crippen LogP contribution in [0.3, 0.4) is 0 Å². The van der Waals surface area contributed by atoms with E-state index in [2.05, 4.69) is 65.5 Å². The molecule has 0 amide bonds. The van der Waals surface area contributed by atoms with Crippen molar-refractivity contribution in [3.05, 3.63) is 28.2 Å². The highest BCUT2D eigenvalue weighted by Gasteiger charge is 2.32. The Morgan fingerprint density at radius 3 is 2.88 bits per heavy atom. The molecule has 3 heteroatoms. The second-order valence-corrected chi connectivity index (χ2v) is 6.42. The summed E-state index contributed by atoms with van der Waals surface area (Å²) in [5.74, 6) is 0. The fraction of sp³-hybridized carbons (Fsp3) is 0.571. The van der Waals surface area contributed by atoms with Crippen molar-refractivity contribution in [1.29, 1.82) is 0 Å². The normalized spacial score (nSPS) is 23.4. The highest BCUT2D eigenvalue weighted by Crippen LogP contribution is 2.31. The van der Waals surface area contributed by atoms with Crippen LogP contribution in [0.1, 0.15) is 25.8 Å². The molecule has 1 heterocycles. The van der Waals surface area contributed by atoms with Gasteiger partial charge in [0, 0.05) is 22.7 Å². The van der Waals surface area contributed by atoms with Gasteiger partial charge in [-0.15, -0.1) is 0 Å². The standard InChI is InChI=1S/C14H21BrN2/c1-10-11(15)5-4-6-12(10)17-13-7-8-16-9-14(13,2)3/h4-6,13,16-17H,7-9H2,1-3H3. The molecule has 1 aromatic carbocycles. The summed E-state index contributed by atoms with van der Waals surface area (Å²) < 4.78 is 1.18. The van der Waals surface area contributed by atoms with Crippen molar-refractivity contribution >= 4 is 21.6 Å². The molecule has 0 aromatic heterocycles. The van der Waals surface area contributed by atoms with Crippen LogP contribution >= 0.6 is 15.9 Å². The van der Waals surface area contributed by atoms with Gasteiger partial charge in [-0.2, -0.15) is 0 Å². The van der Waals surface area contributed by atoms with Crippen LogP contribution in [0.5, 0.6) is 0 Å². The lowest BCUT2D eigenvalue weighted by Crippen LogP contribution is -2.49. The number of halogens is 1. The summed E-state index contributed by atoms with van der Waals surface area (Å²) in [6.45, 7) is 8.99. The van der Waals surface area contributed by atoms with Crippen LogP contribution in [-0.2, 0) is 0 Å². The molecule has 1 atom stereocenters. The van der Waals surface area contributed by atoms with Crippen molar-refractivity contribution in [3.8, 4) is 0 Å². The highest BCUT2D eigenvalue weighted by atomic mass is 79.9. The van der Waals surface area contributed by atoms with Gasteiger partial charge >= 0.3 is 0 Å². The maximum absolute atomic E-state index is 3.71. The third-order valence-electron chi connectivity index (χ3n) is 3.73. The third-order valence-corrected chi connectivity index (χ3v) is 4.59. The van der Waals surface area contributed by atoms with Gasteiger partial charge in [0.2, 0.25) is 0 Å². The summed E-state index contributed by atoms with van der Waals surface area (Å²) in [4.78, 5) is 0. The Labute approximate surface area is 112 Å². The summed E-state index contributed by atoms with van der Waals surface area (Å²) in [5, 5.41) is 7.18. The van der Waals surface area contributed by atoms with Crippen molar-refractivity contribution < 1.29 is 0 Å². The number of rotatable bonds is 2. The number of piperidine rings is 1. The molecule has 0 radical (unpaired) electrons. The molecule has 94 valence electrons. The van der Waals surface area contributed by atoms with E-state index in [4.69, 9.17) is 0 Å². The van der Waals surface area contributed by atoms with Gasteiger partial charge in [0.1, 0.15) is 0 Å². The minimum absolute atomic E-state index is 0.299. The molecule has 2 nitrogen and oxygen atoms in total. The van der Waals surface area contributed by atoms with E-state index in [1.54, 1.807) is 0 Å². The zero-order chi connectivity index (χ0) is 12.5. The van der Waals surface area contributed by atoms with E-state index in [0.717, 1.165) is 13.1 Å². The van der Waals surface area contributed by atoms with Crippen LogP contribution in [0.25, 0.3) is 0 Å². The number of hydrogen-bond acceptors (Lipinski definition) is 2. The Morgan fingerprint density at radius 2 is 2.18 bits per heavy atom. The fourth-order valence-corrected chi connectivity index (χ4v) is 2.76. The number of anilines is 1. The molecule has 1 fully saturated rings. The summed E-state index contributed by atoms with van der Waals surface area (Å²) in [6.07, 6.45) is 1.18. The van der Waals surface area contributed by atoms with Crippen LogP contribution in [0.15, 0.2) is 22.7 Å². The predicted molar refractivity (Wildman–Crippen MR) is 77.6 cm³/mol. The van der Waals surface area contributed by atoms with Crippen molar-refractivity contribution in [3.63, 3.8) is 0 Å². The molecule has 1 aromatic rings. The molecule has 1 aliphatic heterocycles. The molecule has 2 N–H and O–H groups in total. The topological polar surface area (TPSA) is 24.1 Å². The van der Waals surface area contributed by atoms with E-state index in [0.29, 0.717) is 11.5 Å². The Morgan fingerprint density at radius 1 is 1.41 bits per heavy atom. The first-order chi connectivity index (χ1) is 8.00. The van der Waals surface area contributed by atoms with Crippen LogP contribution in [0.4, 0.5) is 5.69 Å². The zero-order valence-electron chi connectivity index (χ0n) is 10.8. The quantitative estimate of drug-likeness (QED) is 0.872. The first kappa shape index (κ1) is 12.9. The van der Waals surface area contributed by atoms with Gasteiger partial charge in [-0.3, -0.25) is 0 Å². The molecular weight excluding hydrogens is 276 g/mol. The van der Waals surface area contributed by atoms with E-state index in [-0.39, 0.29) is 0 Å². The van der Waals surface area contributed by atoms with Crippen LogP contribution in [-0.4, -0.2) is 19.1 Å². The lowest BCUT2D eigenvalue weighted by Gasteiger charge is -2.40. The SMILES string of the molecule is Cc1c(Br)cccc1NC1CCNCC1(C)C. The van der Waals surface area contributed by atoms with Gasteiger partial charge in [-0.1, -0.05) is 35.8 Å². The van der Waals surface area contributed by atoms with Gasteiger partial charge in [-0.05, 0) is 43.0 Å². The van der Waals surface area contributed by atoms with Crippen molar-refractivity contribution in [2.24, 2.45) is 5.41 Å². The van der Waals surface area contributed by atoms with E-state index in [9.17, 15) is 0 Å². The largest absolute Gasteiger partial charge is 0.381 e. The second kappa shape index (κ2) is 4.99. The average molecular weight is 297 g/mol. The zero-order valence-corrected chi connectivity index (χ0v) is 12.4. The molecule has 17 heavy (non-hydrogen) atoms. The summed E-state index contributed by atoms with van der Waals surface area (Å²) in [5.41, 5.74) is 2.84. The Hall–Kier alpha value is -0.540. The van der Waals surface area contributed by atoms with Crippen molar-refractivity contribution in [2.75, 3.05) is 18.4 Å². The van der Waals surface area contributed by atoms with Gasteiger partial charge in [0.05, 0.1) is 0 Å². The van der Waals surface area contributed by atoms with Gasteiger partial charge in [0.25, 0.3) is 0 Å². The van der Waals surface area contributed by atoms with Gasteiger partial charge < -0.3 is 10.6 Å². The first-order valence-electron chi connectivity index (χ1n) is 6.23. The smallest absolute Gasteiger partial charge is 0.0383 e. The molecule has 0 aliphatic carbocycles. The number of hydrogen-bond donors (Lipinski definition) is 2. The fourth-order valence-electron chi connectivity index (χ4n) is 2.39. The Bertz CT molecular complexity index is 401. The molecule has 0 saturated carbocycles. The maximum Gasteiger partial charge on any atom is 0.0383 e. The minimum Gasteiger partial charge on any atom is -0.381 e. The molecule has 2 rings (SSSR count). The molecule has 1 unspecified atom stereocenters. The second-order valence-electron chi connectivity index (χ2n) is 5.56. The first-order valence-corrected chi connectivity index (χ1v) is 7.02. The Balaban J connectivity index is 2.17. The number of nitrogens with one attached hydrogen (secondary N) is 2. The van der Waals surface area contributed by atoms with Crippen LogP contribution < -0.4 is 10.6 Å². The molecular formula is C14H21BrN2. The highest BCUT2D eigenvalue weighted by molar-refractivity contribution is 9.10. The van der Waals surface area contributed by atoms with Crippen molar-refractivity contribution in [1.82, 2.24) is 5.32 Å². The molecule has 0 bridgehead atoms. The van der Waals surface area contributed by atoms with Crippen LogP contribution in [0, 0.1) is 12.3 Å². The van der Waals surface area contributed by atoms with Gasteiger partial charge in [0.15, 0.2) is 0 Å². The maximum atomic E-state index is 3.71. The van der Waals surface area contributed by atoms with Crippen molar-refractivity contribution in [2.45, 2.75) is 33.2 Å². The Kier molecular flexibility index (Phi) is 3.79. The molecule has 0 spiro atoms. The average Bonchev–Trinajstić information content (AvgIpc) is 2.27.